The third kappa shape index (κ3) is 4.72. The van der Waals surface area contributed by atoms with Gasteiger partial charge in [-0.1, -0.05) is 25.5 Å². The molecule has 2 nitrogen and oxygen atoms in total. The first kappa shape index (κ1) is 11.0. The molecule has 0 bridgehead atoms. The second-order valence-corrected chi connectivity index (χ2v) is 3.27. The summed E-state index contributed by atoms with van der Waals surface area (Å²) in [5, 5.41) is 8.43. The quantitative estimate of drug-likeness (QED) is 0.519. The maximum Gasteiger partial charge on any atom is 0.328 e. The minimum atomic E-state index is -0.889. The number of rotatable bonds is 3. The molecule has 0 atom stereocenters. The molecule has 0 aromatic carbocycles. The summed E-state index contributed by atoms with van der Waals surface area (Å²) in [5.41, 5.74) is 1.98. The molecular weight excluding hydrogens is 152 g/mol. The molecule has 0 aliphatic rings. The molecule has 2 heteroatoms. The van der Waals surface area contributed by atoms with Crippen LogP contribution in [0.15, 0.2) is 23.3 Å². The largest absolute Gasteiger partial charge is 0.478 e. The van der Waals surface area contributed by atoms with Gasteiger partial charge < -0.3 is 5.11 Å². The Morgan fingerprint density at radius 2 is 1.75 bits per heavy atom. The molecule has 68 valence electrons. The molecule has 0 saturated carbocycles. The SMILES string of the molecule is CC(=C/C(=O)O)/C=C(\C)C(C)C. The fourth-order valence-electron chi connectivity index (χ4n) is 0.762. The van der Waals surface area contributed by atoms with Crippen LogP contribution in [0.2, 0.25) is 0 Å². The number of hydrogen-bond donors (Lipinski definition) is 1. The van der Waals surface area contributed by atoms with Gasteiger partial charge in [0, 0.05) is 6.08 Å². The van der Waals surface area contributed by atoms with E-state index in [9.17, 15) is 4.79 Å². The van der Waals surface area contributed by atoms with Gasteiger partial charge in [0.1, 0.15) is 0 Å². The van der Waals surface area contributed by atoms with Crippen molar-refractivity contribution in [3.8, 4) is 0 Å². The van der Waals surface area contributed by atoms with E-state index in [-0.39, 0.29) is 0 Å². The maximum atomic E-state index is 10.3. The zero-order chi connectivity index (χ0) is 9.72. The fourth-order valence-corrected chi connectivity index (χ4v) is 0.762. The molecule has 12 heavy (non-hydrogen) atoms. The van der Waals surface area contributed by atoms with Crippen molar-refractivity contribution >= 4 is 5.97 Å². The minimum Gasteiger partial charge on any atom is -0.478 e. The molecule has 0 aliphatic heterocycles. The summed E-state index contributed by atoms with van der Waals surface area (Å²) in [5.74, 6) is -0.414. The van der Waals surface area contributed by atoms with E-state index in [4.69, 9.17) is 5.11 Å². The second kappa shape index (κ2) is 4.75. The van der Waals surface area contributed by atoms with Gasteiger partial charge in [-0.3, -0.25) is 0 Å². The van der Waals surface area contributed by atoms with Crippen LogP contribution in [-0.2, 0) is 4.79 Å². The molecule has 0 heterocycles. The van der Waals surface area contributed by atoms with Gasteiger partial charge in [-0.2, -0.15) is 0 Å². The van der Waals surface area contributed by atoms with Crippen molar-refractivity contribution in [1.82, 2.24) is 0 Å². The zero-order valence-corrected chi connectivity index (χ0v) is 8.09. The Hall–Kier alpha value is -1.05. The molecule has 0 aliphatic carbocycles. The molecule has 1 N–H and O–H groups in total. The van der Waals surface area contributed by atoms with Crippen molar-refractivity contribution in [3.05, 3.63) is 23.3 Å². The lowest BCUT2D eigenvalue weighted by Gasteiger charge is -2.03. The number of aliphatic carboxylic acids is 1. The summed E-state index contributed by atoms with van der Waals surface area (Å²) in [6.45, 7) is 7.96. The fraction of sp³-hybridized carbons (Fsp3) is 0.500. The van der Waals surface area contributed by atoms with E-state index in [1.165, 1.54) is 11.6 Å². The van der Waals surface area contributed by atoms with Crippen molar-refractivity contribution in [2.24, 2.45) is 5.92 Å². The van der Waals surface area contributed by atoms with E-state index in [2.05, 4.69) is 13.8 Å². The summed E-state index contributed by atoms with van der Waals surface area (Å²) < 4.78 is 0. The topological polar surface area (TPSA) is 37.3 Å². The van der Waals surface area contributed by atoms with Gasteiger partial charge in [0.05, 0.1) is 0 Å². The number of hydrogen-bond acceptors (Lipinski definition) is 1. The number of carboxylic acids is 1. The molecule has 0 rings (SSSR count). The Morgan fingerprint density at radius 1 is 1.25 bits per heavy atom. The zero-order valence-electron chi connectivity index (χ0n) is 8.09. The molecule has 0 saturated heterocycles. The lowest BCUT2D eigenvalue weighted by atomic mass is 10.0. The molecule has 0 aromatic rings. The van der Waals surface area contributed by atoms with Crippen molar-refractivity contribution in [2.45, 2.75) is 27.7 Å². The van der Waals surface area contributed by atoms with Gasteiger partial charge in [0.2, 0.25) is 0 Å². The van der Waals surface area contributed by atoms with Crippen LogP contribution in [0.25, 0.3) is 0 Å². The van der Waals surface area contributed by atoms with E-state index < -0.39 is 5.97 Å². The van der Waals surface area contributed by atoms with Gasteiger partial charge in [-0.05, 0) is 25.3 Å². The van der Waals surface area contributed by atoms with Crippen molar-refractivity contribution in [1.29, 1.82) is 0 Å². The van der Waals surface area contributed by atoms with Crippen molar-refractivity contribution < 1.29 is 9.90 Å². The molecule has 0 radical (unpaired) electrons. The molecule has 0 amide bonds. The third-order valence-corrected chi connectivity index (χ3v) is 1.72. The molecule has 0 spiro atoms. The van der Waals surface area contributed by atoms with Gasteiger partial charge in [0.15, 0.2) is 0 Å². The summed E-state index contributed by atoms with van der Waals surface area (Å²) >= 11 is 0. The first-order valence-electron chi connectivity index (χ1n) is 4.03. The molecular formula is C10H16O2. The standard InChI is InChI=1S/C10H16O2/c1-7(2)9(4)5-8(3)6-10(11)12/h5-7H,1-4H3,(H,11,12)/b8-6-,9-5+. The van der Waals surface area contributed by atoms with E-state index in [0.717, 1.165) is 5.57 Å². The van der Waals surface area contributed by atoms with Gasteiger partial charge in [-0.25, -0.2) is 4.79 Å². The van der Waals surface area contributed by atoms with Crippen LogP contribution < -0.4 is 0 Å². The monoisotopic (exact) mass is 168 g/mol. The van der Waals surface area contributed by atoms with E-state index >= 15 is 0 Å². The lowest BCUT2D eigenvalue weighted by Crippen LogP contribution is -1.91. The average Bonchev–Trinajstić information content (AvgIpc) is 1.84. The summed E-state index contributed by atoms with van der Waals surface area (Å²) in [7, 11) is 0. The van der Waals surface area contributed by atoms with Crippen LogP contribution in [0.5, 0.6) is 0 Å². The van der Waals surface area contributed by atoms with Crippen molar-refractivity contribution in [3.63, 3.8) is 0 Å². The van der Waals surface area contributed by atoms with Gasteiger partial charge in [-0.15, -0.1) is 0 Å². The Bertz CT molecular complexity index is 222. The smallest absolute Gasteiger partial charge is 0.328 e. The summed E-state index contributed by atoms with van der Waals surface area (Å²) in [6.07, 6.45) is 3.12. The van der Waals surface area contributed by atoms with Crippen LogP contribution in [-0.4, -0.2) is 11.1 Å². The Balaban J connectivity index is 4.43. The van der Waals surface area contributed by atoms with E-state index in [1.807, 2.05) is 13.0 Å². The maximum absolute atomic E-state index is 10.3. The van der Waals surface area contributed by atoms with Crippen LogP contribution in [0.1, 0.15) is 27.7 Å². The lowest BCUT2D eigenvalue weighted by molar-refractivity contribution is -0.131. The van der Waals surface area contributed by atoms with Crippen LogP contribution in [0.3, 0.4) is 0 Å². The average molecular weight is 168 g/mol. The molecule has 0 aromatic heterocycles. The Morgan fingerprint density at radius 3 is 2.08 bits per heavy atom. The Kier molecular flexibility index (Phi) is 4.34. The summed E-state index contributed by atoms with van der Waals surface area (Å²) in [4.78, 5) is 10.3. The predicted octanol–water partition coefficient (Wildman–Crippen LogP) is 2.62. The molecule has 0 fully saturated rings. The highest BCUT2D eigenvalue weighted by molar-refractivity contribution is 5.81. The van der Waals surface area contributed by atoms with Crippen LogP contribution in [0.4, 0.5) is 0 Å². The molecule has 0 unspecified atom stereocenters. The highest BCUT2D eigenvalue weighted by atomic mass is 16.4. The first-order chi connectivity index (χ1) is 5.43. The first-order valence-corrected chi connectivity index (χ1v) is 4.03. The van der Waals surface area contributed by atoms with Crippen LogP contribution >= 0.6 is 0 Å². The number of allylic oxidation sites excluding steroid dienone is 3. The second-order valence-electron chi connectivity index (χ2n) is 3.27. The summed E-state index contributed by atoms with van der Waals surface area (Å²) in [6, 6.07) is 0. The minimum absolute atomic E-state index is 0.474. The predicted molar refractivity (Wildman–Crippen MR) is 50.0 cm³/mol. The van der Waals surface area contributed by atoms with Crippen molar-refractivity contribution in [2.75, 3.05) is 0 Å². The van der Waals surface area contributed by atoms with E-state index in [0.29, 0.717) is 5.92 Å². The number of carbonyl (C=O) groups is 1. The third-order valence-electron chi connectivity index (χ3n) is 1.72. The highest BCUT2D eigenvalue weighted by Gasteiger charge is 1.96. The van der Waals surface area contributed by atoms with Gasteiger partial charge in [0.25, 0.3) is 0 Å². The normalized spacial score (nSPS) is 13.8. The number of carboxylic acid groups (broad SMARTS) is 1. The Labute approximate surface area is 73.6 Å². The highest BCUT2D eigenvalue weighted by Crippen LogP contribution is 2.10. The van der Waals surface area contributed by atoms with Crippen LogP contribution in [0, 0.1) is 5.92 Å². The van der Waals surface area contributed by atoms with Gasteiger partial charge >= 0.3 is 5.97 Å². The van der Waals surface area contributed by atoms with E-state index in [1.54, 1.807) is 6.92 Å².